The highest BCUT2D eigenvalue weighted by atomic mass is 16.5. The summed E-state index contributed by atoms with van der Waals surface area (Å²) in [5, 5.41) is 2.94. The van der Waals surface area contributed by atoms with Crippen LogP contribution >= 0.6 is 0 Å². The maximum Gasteiger partial charge on any atom is 0.337 e. The van der Waals surface area contributed by atoms with Crippen LogP contribution in [0.3, 0.4) is 0 Å². The van der Waals surface area contributed by atoms with E-state index in [4.69, 9.17) is 9.47 Å². The number of anilines is 2. The van der Waals surface area contributed by atoms with Crippen LogP contribution < -0.4 is 19.9 Å². The molecule has 0 bridgehead atoms. The van der Waals surface area contributed by atoms with Crippen molar-refractivity contribution in [2.45, 2.75) is 6.92 Å². The van der Waals surface area contributed by atoms with Crippen LogP contribution in [0.2, 0.25) is 0 Å². The SMILES string of the molecule is COC(=O)c1ccc(C)c(NC(=O)C[NH+]2CCN(c3ccc(OC)cc3)CC2)c1. The van der Waals surface area contributed by atoms with E-state index in [9.17, 15) is 9.59 Å². The first-order chi connectivity index (χ1) is 14.0. The number of aryl methyl sites for hydroxylation is 1. The molecule has 1 aliphatic rings. The van der Waals surface area contributed by atoms with E-state index in [1.807, 2.05) is 25.1 Å². The van der Waals surface area contributed by atoms with Crippen LogP contribution in [0, 0.1) is 6.92 Å². The van der Waals surface area contributed by atoms with Gasteiger partial charge in [-0.15, -0.1) is 0 Å². The Kier molecular flexibility index (Phi) is 6.72. The molecule has 2 N–H and O–H groups in total. The fourth-order valence-electron chi connectivity index (χ4n) is 3.47. The highest BCUT2D eigenvalue weighted by molar-refractivity contribution is 5.95. The Bertz CT molecular complexity index is 859. The average Bonchev–Trinajstić information content (AvgIpc) is 2.75. The number of ether oxygens (including phenoxy) is 2. The van der Waals surface area contributed by atoms with Crippen molar-refractivity contribution in [3.63, 3.8) is 0 Å². The van der Waals surface area contributed by atoms with Crippen molar-refractivity contribution in [1.82, 2.24) is 0 Å². The van der Waals surface area contributed by atoms with E-state index in [1.54, 1.807) is 19.2 Å². The van der Waals surface area contributed by atoms with Gasteiger partial charge in [0, 0.05) is 11.4 Å². The van der Waals surface area contributed by atoms with Crippen LogP contribution in [0.5, 0.6) is 5.75 Å². The van der Waals surface area contributed by atoms with Crippen LogP contribution in [-0.2, 0) is 9.53 Å². The van der Waals surface area contributed by atoms with Gasteiger partial charge in [0.05, 0.1) is 46.0 Å². The van der Waals surface area contributed by atoms with Gasteiger partial charge in [-0.1, -0.05) is 6.07 Å². The van der Waals surface area contributed by atoms with E-state index in [-0.39, 0.29) is 5.91 Å². The predicted octanol–water partition coefficient (Wildman–Crippen LogP) is 1.13. The minimum Gasteiger partial charge on any atom is -0.497 e. The molecule has 1 aliphatic heterocycles. The fraction of sp³-hybridized carbons (Fsp3) is 0.364. The highest BCUT2D eigenvalue weighted by Gasteiger charge is 2.23. The van der Waals surface area contributed by atoms with E-state index in [2.05, 4.69) is 22.3 Å². The normalized spacial score (nSPS) is 14.4. The van der Waals surface area contributed by atoms with Crippen LogP contribution in [-0.4, -0.2) is 58.8 Å². The number of esters is 1. The minimum atomic E-state index is -0.416. The first-order valence-corrected chi connectivity index (χ1v) is 9.71. The number of quaternary nitrogens is 1. The van der Waals surface area contributed by atoms with Crippen LogP contribution in [0.4, 0.5) is 11.4 Å². The molecule has 154 valence electrons. The first-order valence-electron chi connectivity index (χ1n) is 9.71. The van der Waals surface area contributed by atoms with Crippen LogP contribution in [0.15, 0.2) is 42.5 Å². The van der Waals surface area contributed by atoms with Gasteiger partial charge in [0.25, 0.3) is 5.91 Å². The number of methoxy groups -OCH3 is 2. The number of hydrogen-bond acceptors (Lipinski definition) is 5. The second kappa shape index (κ2) is 9.43. The molecule has 7 nitrogen and oxygen atoms in total. The van der Waals surface area contributed by atoms with Gasteiger partial charge in [0.1, 0.15) is 5.75 Å². The van der Waals surface area contributed by atoms with Crippen molar-refractivity contribution in [2.24, 2.45) is 0 Å². The Morgan fingerprint density at radius 3 is 2.38 bits per heavy atom. The van der Waals surface area contributed by atoms with E-state index in [0.717, 1.165) is 37.5 Å². The van der Waals surface area contributed by atoms with Gasteiger partial charge in [0.15, 0.2) is 6.54 Å². The molecule has 0 radical (unpaired) electrons. The van der Waals surface area contributed by atoms with Gasteiger partial charge >= 0.3 is 5.97 Å². The average molecular weight is 398 g/mol. The summed E-state index contributed by atoms with van der Waals surface area (Å²) in [7, 11) is 3.00. The molecular formula is C22H28N3O4+. The van der Waals surface area contributed by atoms with Gasteiger partial charge < -0.3 is 24.6 Å². The lowest BCUT2D eigenvalue weighted by molar-refractivity contribution is -0.892. The van der Waals surface area contributed by atoms with Crippen molar-refractivity contribution in [3.8, 4) is 5.75 Å². The summed E-state index contributed by atoms with van der Waals surface area (Å²) >= 11 is 0. The molecule has 0 atom stereocenters. The number of nitrogens with one attached hydrogen (secondary N) is 2. The lowest BCUT2D eigenvalue weighted by Gasteiger charge is -2.33. The second-order valence-electron chi connectivity index (χ2n) is 7.18. The summed E-state index contributed by atoms with van der Waals surface area (Å²) in [6.45, 7) is 5.87. The van der Waals surface area contributed by atoms with Crippen molar-refractivity contribution in [1.29, 1.82) is 0 Å². The zero-order valence-corrected chi connectivity index (χ0v) is 17.2. The monoisotopic (exact) mass is 398 g/mol. The van der Waals surface area contributed by atoms with Gasteiger partial charge in [-0.05, 0) is 48.9 Å². The number of nitrogens with zero attached hydrogens (tertiary/aromatic N) is 1. The van der Waals surface area contributed by atoms with E-state index in [1.165, 1.54) is 17.7 Å². The lowest BCUT2D eigenvalue weighted by atomic mass is 10.1. The van der Waals surface area contributed by atoms with E-state index in [0.29, 0.717) is 17.8 Å². The lowest BCUT2D eigenvalue weighted by Crippen LogP contribution is -3.15. The largest absolute Gasteiger partial charge is 0.497 e. The standard InChI is InChI=1S/C22H27N3O4/c1-16-4-5-17(22(27)29-3)14-20(16)23-21(26)15-24-10-12-25(13-11-24)18-6-8-19(28-2)9-7-18/h4-9,14H,10-13,15H2,1-3H3,(H,23,26)/p+1. The van der Waals surface area contributed by atoms with Gasteiger partial charge in [-0.25, -0.2) is 4.79 Å². The molecule has 2 aromatic carbocycles. The molecule has 29 heavy (non-hydrogen) atoms. The molecule has 7 heteroatoms. The number of amides is 1. The number of benzene rings is 2. The first kappa shape index (κ1) is 20.7. The zero-order chi connectivity index (χ0) is 20.8. The Morgan fingerprint density at radius 2 is 1.76 bits per heavy atom. The summed E-state index contributed by atoms with van der Waals surface area (Å²) in [4.78, 5) is 27.8. The van der Waals surface area contributed by atoms with E-state index >= 15 is 0 Å². The molecule has 1 amide bonds. The fourth-order valence-corrected chi connectivity index (χ4v) is 3.47. The molecule has 0 spiro atoms. The third-order valence-electron chi connectivity index (χ3n) is 5.25. The van der Waals surface area contributed by atoms with Crippen LogP contribution in [0.1, 0.15) is 15.9 Å². The third kappa shape index (κ3) is 5.26. The quantitative estimate of drug-likeness (QED) is 0.714. The molecule has 1 fully saturated rings. The van der Waals surface area contributed by atoms with Crippen molar-refractivity contribution in [3.05, 3.63) is 53.6 Å². The Hall–Kier alpha value is -3.06. The van der Waals surface area contributed by atoms with E-state index < -0.39 is 5.97 Å². The molecular weight excluding hydrogens is 370 g/mol. The smallest absolute Gasteiger partial charge is 0.337 e. The second-order valence-corrected chi connectivity index (χ2v) is 7.18. The van der Waals surface area contributed by atoms with Gasteiger partial charge in [-0.2, -0.15) is 0 Å². The summed E-state index contributed by atoms with van der Waals surface area (Å²) in [6, 6.07) is 13.2. The molecule has 1 heterocycles. The number of rotatable bonds is 6. The van der Waals surface area contributed by atoms with Gasteiger partial charge in [0.2, 0.25) is 0 Å². The molecule has 0 aromatic heterocycles. The third-order valence-corrected chi connectivity index (χ3v) is 5.25. The van der Waals surface area contributed by atoms with Gasteiger partial charge in [-0.3, -0.25) is 4.79 Å². The van der Waals surface area contributed by atoms with Crippen molar-refractivity contribution < 1.29 is 24.0 Å². The summed E-state index contributed by atoms with van der Waals surface area (Å²) in [6.07, 6.45) is 0. The zero-order valence-electron chi connectivity index (χ0n) is 17.2. The maximum absolute atomic E-state index is 12.5. The minimum absolute atomic E-state index is 0.0528. The Balaban J connectivity index is 1.52. The number of carbonyl (C=O) groups excluding carboxylic acids is 2. The topological polar surface area (TPSA) is 72.3 Å². The molecule has 0 saturated carbocycles. The molecule has 0 aliphatic carbocycles. The molecule has 3 rings (SSSR count). The van der Waals surface area contributed by atoms with Crippen molar-refractivity contribution in [2.75, 3.05) is 57.2 Å². The summed E-state index contributed by atoms with van der Waals surface area (Å²) < 4.78 is 9.96. The number of hydrogen-bond donors (Lipinski definition) is 2. The van der Waals surface area contributed by atoms with Crippen LogP contribution in [0.25, 0.3) is 0 Å². The number of piperazine rings is 1. The summed E-state index contributed by atoms with van der Waals surface area (Å²) in [5.41, 5.74) is 3.15. The highest BCUT2D eigenvalue weighted by Crippen LogP contribution is 2.19. The van der Waals surface area contributed by atoms with Crippen molar-refractivity contribution >= 4 is 23.3 Å². The Labute approximate surface area is 171 Å². The molecule has 0 unspecified atom stereocenters. The Morgan fingerprint density at radius 1 is 1.07 bits per heavy atom. The molecule has 2 aromatic rings. The number of carbonyl (C=O) groups is 2. The maximum atomic E-state index is 12.5. The predicted molar refractivity (Wildman–Crippen MR) is 112 cm³/mol. The molecule has 1 saturated heterocycles. The summed E-state index contributed by atoms with van der Waals surface area (Å²) in [5.74, 6) is 0.380.